The summed E-state index contributed by atoms with van der Waals surface area (Å²) in [5.41, 5.74) is 7.08. The van der Waals surface area contributed by atoms with E-state index in [2.05, 4.69) is 93.0 Å². The molecule has 0 bridgehead atoms. The highest BCUT2D eigenvalue weighted by Gasteiger charge is 2.40. The molecular formula is C49H54N8O5. The average Bonchev–Trinajstić information content (AvgIpc) is 4.16. The van der Waals surface area contributed by atoms with Crippen LogP contribution in [-0.2, 0) is 19.1 Å². The molecule has 4 aromatic carbocycles. The quantitative estimate of drug-likeness (QED) is 0.119. The van der Waals surface area contributed by atoms with Crippen molar-refractivity contribution in [3.05, 3.63) is 121 Å². The second-order valence-corrected chi connectivity index (χ2v) is 16.9. The first kappa shape index (κ1) is 41.1. The highest BCUT2D eigenvalue weighted by molar-refractivity contribution is 5.91. The monoisotopic (exact) mass is 834 g/mol. The first-order chi connectivity index (χ1) is 30.2. The molecule has 6 aromatic rings. The third-order valence-electron chi connectivity index (χ3n) is 12.7. The SMILES string of the molecule is COC(=O)N[C@H](C(=O)N1CCCC1c1ncc(-c2ccc(-c3ccc4cc(-c5cnc([C@@H]6CCCN6C(=O)C(c6ccccc6)N6CCOCC6)[nH]5)ccc4c3)cc2)[nH]1)C(C)C. The number of methoxy groups -OCH3 is 1. The van der Waals surface area contributed by atoms with E-state index in [0.29, 0.717) is 26.3 Å². The number of fused-ring (bicyclic) bond motifs is 1. The Morgan fingerprint density at radius 1 is 0.694 bits per heavy atom. The lowest BCUT2D eigenvalue weighted by Crippen LogP contribution is -2.51. The molecule has 5 heterocycles. The number of rotatable bonds is 11. The summed E-state index contributed by atoms with van der Waals surface area (Å²) in [6.07, 6.45) is 6.55. The van der Waals surface area contributed by atoms with Crippen LogP contribution in [0.1, 0.15) is 74.9 Å². The lowest BCUT2D eigenvalue weighted by atomic mass is 9.98. The van der Waals surface area contributed by atoms with E-state index >= 15 is 0 Å². The van der Waals surface area contributed by atoms with Crippen LogP contribution in [0.15, 0.2) is 103 Å². The molecule has 0 radical (unpaired) electrons. The van der Waals surface area contributed by atoms with Crippen LogP contribution in [0.4, 0.5) is 4.79 Å². The average molecular weight is 835 g/mol. The normalized spacial score (nSPS) is 19.2. The van der Waals surface area contributed by atoms with Crippen LogP contribution in [0.3, 0.4) is 0 Å². The number of hydrogen-bond donors (Lipinski definition) is 3. The Morgan fingerprint density at radius 3 is 1.85 bits per heavy atom. The molecule has 3 amide bonds. The molecule has 0 saturated carbocycles. The van der Waals surface area contributed by atoms with Gasteiger partial charge in [0, 0.05) is 31.7 Å². The van der Waals surface area contributed by atoms with Crippen LogP contribution in [0.2, 0.25) is 0 Å². The van der Waals surface area contributed by atoms with E-state index in [0.717, 1.165) is 100 Å². The zero-order valence-corrected chi connectivity index (χ0v) is 35.6. The van der Waals surface area contributed by atoms with Crippen molar-refractivity contribution in [2.24, 2.45) is 5.92 Å². The number of ether oxygens (including phenoxy) is 2. The van der Waals surface area contributed by atoms with Gasteiger partial charge in [0.25, 0.3) is 0 Å². The van der Waals surface area contributed by atoms with E-state index < -0.39 is 12.1 Å². The molecule has 2 unspecified atom stereocenters. The molecule has 2 aromatic heterocycles. The zero-order valence-electron chi connectivity index (χ0n) is 35.6. The molecule has 3 saturated heterocycles. The van der Waals surface area contributed by atoms with Gasteiger partial charge in [0.15, 0.2) is 0 Å². The van der Waals surface area contributed by atoms with Gasteiger partial charge in [-0.1, -0.05) is 92.7 Å². The largest absolute Gasteiger partial charge is 0.453 e. The molecule has 320 valence electrons. The topological polar surface area (TPSA) is 149 Å². The Morgan fingerprint density at radius 2 is 1.24 bits per heavy atom. The fraction of sp³-hybridized carbons (Fsp3) is 0.367. The van der Waals surface area contributed by atoms with Crippen LogP contribution in [0.25, 0.3) is 44.4 Å². The number of likely N-dealkylation sites (tertiary alicyclic amines) is 2. The molecule has 0 aliphatic carbocycles. The highest BCUT2D eigenvalue weighted by Crippen LogP contribution is 2.37. The highest BCUT2D eigenvalue weighted by atomic mass is 16.5. The maximum absolute atomic E-state index is 14.4. The van der Waals surface area contributed by atoms with Crippen molar-refractivity contribution in [1.29, 1.82) is 0 Å². The summed E-state index contributed by atoms with van der Waals surface area (Å²) in [5, 5.41) is 4.97. The van der Waals surface area contributed by atoms with Crippen molar-refractivity contribution in [1.82, 2.24) is 40.0 Å². The van der Waals surface area contributed by atoms with E-state index in [1.807, 2.05) is 54.2 Å². The first-order valence-corrected chi connectivity index (χ1v) is 21.8. The molecule has 4 atom stereocenters. The summed E-state index contributed by atoms with van der Waals surface area (Å²) in [6, 6.07) is 30.2. The van der Waals surface area contributed by atoms with Gasteiger partial charge in [-0.05, 0) is 76.8 Å². The predicted octanol–water partition coefficient (Wildman–Crippen LogP) is 8.07. The number of benzene rings is 4. The van der Waals surface area contributed by atoms with E-state index in [4.69, 9.17) is 19.4 Å². The standard InChI is InChI=1S/C49H54N8O5/c1-31(2)43(54-49(60)61-3)47(58)56-21-7-11-41(56)45-50-29-39(52-45)33-15-13-32(14-16-33)35-17-18-37-28-38(20-19-36(37)27-35)40-30-51-46(53-40)42-12-8-22-57(42)48(59)44(34-9-5-4-6-10-34)55-23-25-62-26-24-55/h4-6,9-10,13-20,27-31,41-44H,7-8,11-12,21-26H2,1-3H3,(H,50,52)(H,51,53)(H,54,60)/t41?,42-,43-,44?/m0/s1. The van der Waals surface area contributed by atoms with E-state index in [9.17, 15) is 14.4 Å². The van der Waals surface area contributed by atoms with Crippen LogP contribution in [0.5, 0.6) is 0 Å². The summed E-state index contributed by atoms with van der Waals surface area (Å²) in [7, 11) is 1.30. The Balaban J connectivity index is 0.874. The maximum Gasteiger partial charge on any atom is 0.407 e. The minimum Gasteiger partial charge on any atom is -0.453 e. The number of carbonyl (C=O) groups is 3. The van der Waals surface area contributed by atoms with Gasteiger partial charge in [0.1, 0.15) is 23.7 Å². The Bertz CT molecular complexity index is 2530. The van der Waals surface area contributed by atoms with Crippen LogP contribution in [0, 0.1) is 5.92 Å². The summed E-state index contributed by atoms with van der Waals surface area (Å²) in [6.45, 7) is 7.84. The molecule has 0 spiro atoms. The number of hydrogen-bond acceptors (Lipinski definition) is 8. The lowest BCUT2D eigenvalue weighted by molar-refractivity contribution is -0.140. The van der Waals surface area contributed by atoms with Crippen molar-refractivity contribution in [2.45, 2.75) is 63.7 Å². The number of amides is 3. The van der Waals surface area contributed by atoms with Crippen LogP contribution < -0.4 is 5.32 Å². The van der Waals surface area contributed by atoms with Gasteiger partial charge in [0.2, 0.25) is 11.8 Å². The predicted molar refractivity (Wildman–Crippen MR) is 238 cm³/mol. The van der Waals surface area contributed by atoms with E-state index in [-0.39, 0.29) is 35.9 Å². The second kappa shape index (κ2) is 18.0. The van der Waals surface area contributed by atoms with Crippen molar-refractivity contribution in [3.8, 4) is 33.6 Å². The molecule has 62 heavy (non-hydrogen) atoms. The molecule has 3 aliphatic heterocycles. The number of H-pyrrole nitrogens is 2. The Hall–Kier alpha value is -6.31. The minimum atomic E-state index is -0.681. The van der Waals surface area contributed by atoms with Gasteiger partial charge in [-0.25, -0.2) is 14.8 Å². The molecule has 3 fully saturated rings. The molecule has 13 heteroatoms. The molecule has 3 N–H and O–H groups in total. The fourth-order valence-corrected chi connectivity index (χ4v) is 9.39. The maximum atomic E-state index is 14.4. The van der Waals surface area contributed by atoms with Gasteiger partial charge in [-0.3, -0.25) is 14.5 Å². The van der Waals surface area contributed by atoms with Gasteiger partial charge in [-0.2, -0.15) is 0 Å². The van der Waals surface area contributed by atoms with E-state index in [1.165, 1.54) is 7.11 Å². The van der Waals surface area contributed by atoms with Crippen molar-refractivity contribution in [2.75, 3.05) is 46.5 Å². The summed E-state index contributed by atoms with van der Waals surface area (Å²) in [5.74, 6) is 1.46. The Labute approximate surface area is 361 Å². The number of aromatic amines is 2. The third-order valence-corrected chi connectivity index (χ3v) is 12.7. The number of carbonyl (C=O) groups excluding carboxylic acids is 3. The first-order valence-electron chi connectivity index (χ1n) is 21.8. The Kier molecular flexibility index (Phi) is 11.9. The number of imidazole rings is 2. The number of nitrogens with one attached hydrogen (secondary N) is 3. The third kappa shape index (κ3) is 8.34. The fourth-order valence-electron chi connectivity index (χ4n) is 9.39. The van der Waals surface area contributed by atoms with Crippen LogP contribution >= 0.6 is 0 Å². The molecule has 13 nitrogen and oxygen atoms in total. The number of aromatic nitrogens is 4. The second-order valence-electron chi connectivity index (χ2n) is 16.9. The van der Waals surface area contributed by atoms with Crippen LogP contribution in [-0.4, -0.2) is 105 Å². The summed E-state index contributed by atoms with van der Waals surface area (Å²) < 4.78 is 10.4. The van der Waals surface area contributed by atoms with Crippen molar-refractivity contribution >= 4 is 28.7 Å². The van der Waals surface area contributed by atoms with Crippen molar-refractivity contribution in [3.63, 3.8) is 0 Å². The smallest absolute Gasteiger partial charge is 0.407 e. The molecule has 9 rings (SSSR count). The van der Waals surface area contributed by atoms with Gasteiger partial charge in [0.05, 0.1) is 56.2 Å². The summed E-state index contributed by atoms with van der Waals surface area (Å²) >= 11 is 0. The van der Waals surface area contributed by atoms with Crippen molar-refractivity contribution < 1.29 is 23.9 Å². The minimum absolute atomic E-state index is 0.0985. The molecule has 3 aliphatic rings. The van der Waals surface area contributed by atoms with Gasteiger partial charge >= 0.3 is 6.09 Å². The molecular weight excluding hydrogens is 781 g/mol. The van der Waals surface area contributed by atoms with E-state index in [1.54, 1.807) is 0 Å². The number of nitrogens with zero attached hydrogens (tertiary/aromatic N) is 5. The van der Waals surface area contributed by atoms with Gasteiger partial charge < -0.3 is 34.6 Å². The number of morpholine rings is 1. The zero-order chi connectivity index (χ0) is 42.7. The summed E-state index contributed by atoms with van der Waals surface area (Å²) in [4.78, 5) is 62.7. The number of alkyl carbamates (subject to hydrolysis) is 1. The lowest BCUT2D eigenvalue weighted by Gasteiger charge is -2.37. The van der Waals surface area contributed by atoms with Gasteiger partial charge in [-0.15, -0.1) is 0 Å².